The normalized spacial score (nSPS) is 32.2. The van der Waals surface area contributed by atoms with E-state index in [9.17, 15) is 4.79 Å². The van der Waals surface area contributed by atoms with Gasteiger partial charge in [0, 0.05) is 19.3 Å². The first kappa shape index (κ1) is 13.4. The van der Waals surface area contributed by atoms with Crippen LogP contribution in [0.1, 0.15) is 45.4 Å². The summed E-state index contributed by atoms with van der Waals surface area (Å²) < 4.78 is 5.45. The van der Waals surface area contributed by atoms with Crippen LogP contribution in [0.15, 0.2) is 0 Å². The van der Waals surface area contributed by atoms with Crippen LogP contribution in [0.3, 0.4) is 0 Å². The number of carbonyl (C=O) groups excluding carboxylic acids is 1. The van der Waals surface area contributed by atoms with Crippen molar-refractivity contribution in [1.29, 1.82) is 0 Å². The summed E-state index contributed by atoms with van der Waals surface area (Å²) in [6.45, 7) is 4.49. The van der Waals surface area contributed by atoms with Gasteiger partial charge in [0.2, 0.25) is 5.91 Å². The van der Waals surface area contributed by atoms with Crippen molar-refractivity contribution in [2.75, 3.05) is 19.8 Å². The van der Waals surface area contributed by atoms with Crippen molar-refractivity contribution in [2.45, 2.75) is 57.7 Å². The van der Waals surface area contributed by atoms with Crippen LogP contribution in [0.2, 0.25) is 0 Å². The lowest BCUT2D eigenvalue weighted by Crippen LogP contribution is -2.50. The molecule has 1 saturated carbocycles. The van der Waals surface area contributed by atoms with Crippen molar-refractivity contribution >= 4 is 5.91 Å². The molecule has 3 aliphatic rings. The average molecular weight is 266 g/mol. The molecule has 2 saturated heterocycles. The second kappa shape index (κ2) is 5.80. The smallest absolute Gasteiger partial charge is 0.238 e. The highest BCUT2D eigenvalue weighted by molar-refractivity contribution is 5.81. The fourth-order valence-corrected chi connectivity index (χ4v) is 4.11. The van der Waals surface area contributed by atoms with Crippen LogP contribution < -0.4 is 5.32 Å². The van der Waals surface area contributed by atoms with Gasteiger partial charge in [-0.1, -0.05) is 12.8 Å². The lowest BCUT2D eigenvalue weighted by atomic mass is 9.90. The van der Waals surface area contributed by atoms with Gasteiger partial charge in [-0.05, 0) is 44.4 Å². The number of nitrogens with zero attached hydrogens (tertiary/aromatic N) is 1. The molecule has 0 spiro atoms. The van der Waals surface area contributed by atoms with Gasteiger partial charge in [-0.3, -0.25) is 10.1 Å². The highest BCUT2D eigenvalue weighted by Crippen LogP contribution is 2.34. The van der Waals surface area contributed by atoms with Gasteiger partial charge in [-0.25, -0.2) is 0 Å². The van der Waals surface area contributed by atoms with E-state index >= 15 is 0 Å². The average Bonchev–Trinajstić information content (AvgIpc) is 3.08. The summed E-state index contributed by atoms with van der Waals surface area (Å²) >= 11 is 0. The number of hydrogen-bond acceptors (Lipinski definition) is 3. The van der Waals surface area contributed by atoms with Gasteiger partial charge >= 0.3 is 0 Å². The molecule has 0 radical (unpaired) electrons. The Morgan fingerprint density at radius 2 is 1.89 bits per heavy atom. The summed E-state index contributed by atoms with van der Waals surface area (Å²) in [6, 6.07) is 0.358. The SMILES string of the molecule is CC(C1CCOCC1)N1C(=O)CNC1C1CCCC1. The minimum atomic E-state index is 0.299. The van der Waals surface area contributed by atoms with Crippen LogP contribution in [0.5, 0.6) is 0 Å². The second-order valence-electron chi connectivity index (χ2n) is 6.36. The number of nitrogens with one attached hydrogen (secondary N) is 1. The predicted molar refractivity (Wildman–Crippen MR) is 73.6 cm³/mol. The molecule has 4 heteroatoms. The first-order valence-corrected chi connectivity index (χ1v) is 7.89. The largest absolute Gasteiger partial charge is 0.381 e. The van der Waals surface area contributed by atoms with Crippen LogP contribution in [0.25, 0.3) is 0 Å². The summed E-state index contributed by atoms with van der Waals surface area (Å²) in [5.74, 6) is 1.59. The molecular formula is C15H26N2O2. The fraction of sp³-hybridized carbons (Fsp3) is 0.933. The molecule has 3 rings (SSSR count). The van der Waals surface area contributed by atoms with E-state index in [1.54, 1.807) is 0 Å². The topological polar surface area (TPSA) is 41.6 Å². The number of hydrogen-bond donors (Lipinski definition) is 1. The van der Waals surface area contributed by atoms with E-state index in [1.807, 2.05) is 0 Å². The highest BCUT2D eigenvalue weighted by Gasteiger charge is 2.41. The zero-order valence-corrected chi connectivity index (χ0v) is 11.9. The van der Waals surface area contributed by atoms with Gasteiger partial charge in [0.15, 0.2) is 0 Å². The van der Waals surface area contributed by atoms with Crippen molar-refractivity contribution in [1.82, 2.24) is 10.2 Å². The van der Waals surface area contributed by atoms with Gasteiger partial charge in [0.1, 0.15) is 0 Å². The molecule has 0 bridgehead atoms. The van der Waals surface area contributed by atoms with Gasteiger partial charge < -0.3 is 9.64 Å². The lowest BCUT2D eigenvalue weighted by Gasteiger charge is -2.39. The van der Waals surface area contributed by atoms with E-state index < -0.39 is 0 Å². The molecule has 0 aromatic heterocycles. The number of carbonyl (C=O) groups is 1. The third-order valence-corrected chi connectivity index (χ3v) is 5.28. The molecule has 3 fully saturated rings. The van der Waals surface area contributed by atoms with Crippen molar-refractivity contribution in [3.05, 3.63) is 0 Å². The van der Waals surface area contributed by atoms with Gasteiger partial charge in [0.25, 0.3) is 0 Å². The molecular weight excluding hydrogens is 240 g/mol. The molecule has 2 unspecified atom stereocenters. The Labute approximate surface area is 115 Å². The Hall–Kier alpha value is -0.610. The van der Waals surface area contributed by atoms with Crippen molar-refractivity contribution in [3.8, 4) is 0 Å². The van der Waals surface area contributed by atoms with Crippen LogP contribution >= 0.6 is 0 Å². The Kier molecular flexibility index (Phi) is 4.08. The molecule has 1 aliphatic carbocycles. The Bertz CT molecular complexity index is 322. The quantitative estimate of drug-likeness (QED) is 0.846. The van der Waals surface area contributed by atoms with E-state index in [-0.39, 0.29) is 0 Å². The molecule has 19 heavy (non-hydrogen) atoms. The zero-order chi connectivity index (χ0) is 13.2. The summed E-state index contributed by atoms with van der Waals surface area (Å²) in [5, 5.41) is 3.46. The third kappa shape index (κ3) is 2.65. The van der Waals surface area contributed by atoms with Crippen LogP contribution in [0, 0.1) is 11.8 Å². The standard InChI is InChI=1S/C15H26N2O2/c1-11(12-6-8-19-9-7-12)17-14(18)10-16-15(17)13-4-2-3-5-13/h11-13,15-16H,2-10H2,1H3. The van der Waals surface area contributed by atoms with Crippen LogP contribution in [-0.2, 0) is 9.53 Å². The number of amides is 1. The molecule has 0 aromatic carbocycles. The molecule has 2 atom stereocenters. The Morgan fingerprint density at radius 1 is 1.21 bits per heavy atom. The summed E-state index contributed by atoms with van der Waals surface area (Å²) in [5.41, 5.74) is 0. The molecule has 2 aliphatic heterocycles. The fourth-order valence-electron chi connectivity index (χ4n) is 4.11. The highest BCUT2D eigenvalue weighted by atomic mass is 16.5. The number of rotatable bonds is 3. The molecule has 1 amide bonds. The molecule has 1 N–H and O–H groups in total. The van der Waals surface area contributed by atoms with E-state index in [2.05, 4.69) is 17.1 Å². The Balaban J connectivity index is 1.69. The van der Waals surface area contributed by atoms with Gasteiger partial charge in [-0.2, -0.15) is 0 Å². The monoisotopic (exact) mass is 266 g/mol. The van der Waals surface area contributed by atoms with E-state index in [4.69, 9.17) is 4.74 Å². The van der Waals surface area contributed by atoms with Crippen molar-refractivity contribution < 1.29 is 9.53 Å². The summed E-state index contributed by atoms with van der Waals surface area (Å²) in [4.78, 5) is 14.4. The maximum Gasteiger partial charge on any atom is 0.238 e. The molecule has 0 aromatic rings. The van der Waals surface area contributed by atoms with E-state index in [0.29, 0.717) is 36.5 Å². The van der Waals surface area contributed by atoms with Crippen molar-refractivity contribution in [2.24, 2.45) is 11.8 Å². The van der Waals surface area contributed by atoms with Crippen LogP contribution in [-0.4, -0.2) is 42.8 Å². The maximum absolute atomic E-state index is 12.3. The summed E-state index contributed by atoms with van der Waals surface area (Å²) in [6.07, 6.45) is 7.72. The minimum Gasteiger partial charge on any atom is -0.381 e. The van der Waals surface area contributed by atoms with E-state index in [0.717, 1.165) is 26.1 Å². The van der Waals surface area contributed by atoms with E-state index in [1.165, 1.54) is 25.7 Å². The second-order valence-corrected chi connectivity index (χ2v) is 6.36. The first-order chi connectivity index (χ1) is 9.27. The van der Waals surface area contributed by atoms with Gasteiger partial charge in [-0.15, -0.1) is 0 Å². The van der Waals surface area contributed by atoms with Crippen LogP contribution in [0.4, 0.5) is 0 Å². The first-order valence-electron chi connectivity index (χ1n) is 7.89. The van der Waals surface area contributed by atoms with Crippen molar-refractivity contribution in [3.63, 3.8) is 0 Å². The maximum atomic E-state index is 12.3. The zero-order valence-electron chi connectivity index (χ0n) is 11.9. The molecule has 4 nitrogen and oxygen atoms in total. The number of ether oxygens (including phenoxy) is 1. The molecule has 2 heterocycles. The summed E-state index contributed by atoms with van der Waals surface area (Å²) in [7, 11) is 0. The molecule has 108 valence electrons. The minimum absolute atomic E-state index is 0.299. The Morgan fingerprint density at radius 3 is 2.58 bits per heavy atom. The van der Waals surface area contributed by atoms with Gasteiger partial charge in [0.05, 0.1) is 12.7 Å². The predicted octanol–water partition coefficient (Wildman–Crippen LogP) is 1.75. The lowest BCUT2D eigenvalue weighted by molar-refractivity contribution is -0.132. The third-order valence-electron chi connectivity index (χ3n) is 5.28.